The lowest BCUT2D eigenvalue weighted by Crippen LogP contribution is -2.38. The molecule has 0 spiro atoms. The van der Waals surface area contributed by atoms with Crippen molar-refractivity contribution in [3.05, 3.63) is 20.8 Å². The van der Waals surface area contributed by atoms with E-state index in [1.165, 1.54) is 0 Å². The highest BCUT2D eigenvalue weighted by Crippen LogP contribution is 2.29. The predicted octanol–water partition coefficient (Wildman–Crippen LogP) is -4.65. The van der Waals surface area contributed by atoms with Gasteiger partial charge in [-0.1, -0.05) is 0 Å². The van der Waals surface area contributed by atoms with Gasteiger partial charge < -0.3 is 44.9 Å². The first-order chi connectivity index (χ1) is 10.6. The molecule has 1 saturated heterocycles. The molecule has 0 bridgehead atoms. The second kappa shape index (κ2) is 6.41. The summed E-state index contributed by atoms with van der Waals surface area (Å²) in [5.74, 6) is -0.269. The zero-order valence-corrected chi connectivity index (χ0v) is 12.2. The molecule has 4 atom stereocenters. The number of anilines is 2. The molecule has 23 heavy (non-hydrogen) atoms. The van der Waals surface area contributed by atoms with E-state index in [-0.39, 0.29) is 5.82 Å². The molecule has 14 heteroatoms. The highest BCUT2D eigenvalue weighted by molar-refractivity contribution is 7.43. The molecule has 1 fully saturated rings. The number of phosphoric ester groups is 1. The Hall–Kier alpha value is -1.73. The first-order valence-electron chi connectivity index (χ1n) is 6.15. The molecule has 1 aliphatic rings. The van der Waals surface area contributed by atoms with Gasteiger partial charge in [-0.05, 0) is 0 Å². The van der Waals surface area contributed by atoms with Crippen LogP contribution in [0.5, 0.6) is 0 Å². The standard InChI is InChI=1S/C9H15N4O9P/c10-3-6(12-9(17)13-7(3)16)11-8-5(15)4(14)2(22-8)1-21-23(18,19)20/h2,4-5,8,14-15H,1,10H2,(H2,18,19,20)(H3,11,12,13,16,17)/p-2. The van der Waals surface area contributed by atoms with Gasteiger partial charge in [0.25, 0.3) is 5.56 Å². The van der Waals surface area contributed by atoms with Crippen molar-refractivity contribution in [1.29, 1.82) is 0 Å². The molecule has 0 aromatic carbocycles. The maximum atomic E-state index is 11.3. The van der Waals surface area contributed by atoms with Crippen molar-refractivity contribution >= 4 is 19.3 Å². The highest BCUT2D eigenvalue weighted by Gasteiger charge is 2.43. The zero-order valence-electron chi connectivity index (χ0n) is 11.3. The topological polar surface area (TPSA) is 226 Å². The first kappa shape index (κ1) is 17.6. The Labute approximate surface area is 127 Å². The number of aliphatic hydroxyl groups is 2. The van der Waals surface area contributed by atoms with E-state index in [4.69, 9.17) is 10.5 Å². The Morgan fingerprint density at radius 3 is 2.57 bits per heavy atom. The van der Waals surface area contributed by atoms with Crippen molar-refractivity contribution in [2.75, 3.05) is 17.7 Å². The minimum Gasteiger partial charge on any atom is -0.790 e. The molecule has 1 aliphatic heterocycles. The molecule has 0 amide bonds. The Morgan fingerprint density at radius 1 is 1.30 bits per heavy atom. The molecular weight excluding hydrogens is 339 g/mol. The predicted molar refractivity (Wildman–Crippen MR) is 70.0 cm³/mol. The molecule has 7 N–H and O–H groups in total. The average molecular weight is 352 g/mol. The molecule has 1 aromatic heterocycles. The summed E-state index contributed by atoms with van der Waals surface area (Å²) in [7, 11) is -5.28. The lowest BCUT2D eigenvalue weighted by Gasteiger charge is -2.30. The fourth-order valence-electron chi connectivity index (χ4n) is 1.92. The van der Waals surface area contributed by atoms with E-state index in [0.717, 1.165) is 0 Å². The number of nitrogen functional groups attached to an aromatic ring is 1. The van der Waals surface area contributed by atoms with Crippen molar-refractivity contribution < 1.29 is 33.8 Å². The second-order valence-corrected chi connectivity index (χ2v) is 5.81. The van der Waals surface area contributed by atoms with Crippen LogP contribution >= 0.6 is 7.82 Å². The van der Waals surface area contributed by atoms with E-state index < -0.39 is 55.9 Å². The summed E-state index contributed by atoms with van der Waals surface area (Å²) < 4.78 is 19.5. The normalized spacial score (nSPS) is 28.0. The number of hydrogen-bond acceptors (Lipinski definition) is 11. The van der Waals surface area contributed by atoms with Crippen LogP contribution in [-0.4, -0.2) is 51.3 Å². The van der Waals surface area contributed by atoms with Crippen molar-refractivity contribution in [2.24, 2.45) is 0 Å². The molecule has 2 rings (SSSR count). The monoisotopic (exact) mass is 352 g/mol. The highest BCUT2D eigenvalue weighted by atomic mass is 31.2. The van der Waals surface area contributed by atoms with Gasteiger partial charge in [-0.2, -0.15) is 0 Å². The number of aliphatic hydroxyl groups excluding tert-OH is 2. The summed E-state index contributed by atoms with van der Waals surface area (Å²) in [5.41, 5.74) is 3.27. The second-order valence-electron chi connectivity index (χ2n) is 4.66. The molecule has 0 saturated carbocycles. The van der Waals surface area contributed by atoms with Crippen LogP contribution in [-0.2, 0) is 13.8 Å². The van der Waals surface area contributed by atoms with Gasteiger partial charge in [-0.15, -0.1) is 0 Å². The number of phosphoric acid groups is 1. The number of ether oxygens (including phenoxy) is 1. The summed E-state index contributed by atoms with van der Waals surface area (Å²) in [6, 6.07) is 0. The fraction of sp³-hybridized carbons (Fsp3) is 0.556. The minimum atomic E-state index is -5.28. The third kappa shape index (κ3) is 4.17. The average Bonchev–Trinajstić information content (AvgIpc) is 2.69. The van der Waals surface area contributed by atoms with Crippen LogP contribution in [0.1, 0.15) is 0 Å². The van der Waals surface area contributed by atoms with Gasteiger partial charge in [0, 0.05) is 0 Å². The number of aromatic amines is 2. The molecular formula is C9H13N4O9P-2. The summed E-state index contributed by atoms with van der Waals surface area (Å²) >= 11 is 0. The van der Waals surface area contributed by atoms with E-state index >= 15 is 0 Å². The molecule has 130 valence electrons. The van der Waals surface area contributed by atoms with E-state index in [2.05, 4.69) is 14.8 Å². The fourth-order valence-corrected chi connectivity index (χ4v) is 2.25. The van der Waals surface area contributed by atoms with E-state index in [9.17, 15) is 34.2 Å². The summed E-state index contributed by atoms with van der Waals surface area (Å²) in [6.07, 6.45) is -5.86. The van der Waals surface area contributed by atoms with Crippen LogP contribution in [0.4, 0.5) is 11.5 Å². The molecule has 0 radical (unpaired) electrons. The molecule has 13 nitrogen and oxygen atoms in total. The summed E-state index contributed by atoms with van der Waals surface area (Å²) in [6.45, 7) is -0.817. The van der Waals surface area contributed by atoms with E-state index in [1.54, 1.807) is 0 Å². The Balaban J connectivity index is 2.11. The first-order valence-corrected chi connectivity index (χ1v) is 7.61. The number of H-pyrrole nitrogens is 2. The number of nitrogens with one attached hydrogen (secondary N) is 3. The van der Waals surface area contributed by atoms with E-state index in [1.807, 2.05) is 4.98 Å². The van der Waals surface area contributed by atoms with Crippen molar-refractivity contribution in [3.63, 3.8) is 0 Å². The van der Waals surface area contributed by atoms with Crippen molar-refractivity contribution in [1.82, 2.24) is 9.97 Å². The van der Waals surface area contributed by atoms with Crippen LogP contribution in [0.2, 0.25) is 0 Å². The molecule has 1 aromatic rings. The Kier molecular flexibility index (Phi) is 4.91. The molecule has 0 aliphatic carbocycles. The van der Waals surface area contributed by atoms with Crippen LogP contribution in [0.15, 0.2) is 9.59 Å². The summed E-state index contributed by atoms with van der Waals surface area (Å²) in [4.78, 5) is 47.4. The Bertz CT molecular complexity index is 726. The summed E-state index contributed by atoms with van der Waals surface area (Å²) in [5, 5.41) is 21.9. The lowest BCUT2D eigenvalue weighted by atomic mass is 10.1. The van der Waals surface area contributed by atoms with Gasteiger partial charge in [0.1, 0.15) is 29.8 Å². The maximum absolute atomic E-state index is 11.3. The van der Waals surface area contributed by atoms with Crippen LogP contribution in [0.25, 0.3) is 0 Å². The van der Waals surface area contributed by atoms with Crippen molar-refractivity contribution in [2.45, 2.75) is 24.5 Å². The molecule has 2 heterocycles. The van der Waals surface area contributed by atoms with Gasteiger partial charge in [0.15, 0.2) is 6.23 Å². The third-order valence-corrected chi connectivity index (χ3v) is 3.49. The minimum absolute atomic E-state index is 0.269. The maximum Gasteiger partial charge on any atom is 0.327 e. The SMILES string of the molecule is Nc1c(NC2OC(COP(=O)([O-])[O-])C(O)C2O)[nH]c(=O)[nH]c1=O. The number of aromatic nitrogens is 2. The quantitative estimate of drug-likeness (QED) is 0.276. The lowest BCUT2D eigenvalue weighted by molar-refractivity contribution is -0.343. The van der Waals surface area contributed by atoms with Crippen LogP contribution in [0, 0.1) is 0 Å². The number of nitrogens with two attached hydrogens (primary N) is 1. The van der Waals surface area contributed by atoms with Crippen LogP contribution < -0.4 is 32.1 Å². The van der Waals surface area contributed by atoms with Crippen LogP contribution in [0.3, 0.4) is 0 Å². The van der Waals surface area contributed by atoms with Gasteiger partial charge in [-0.25, -0.2) is 4.79 Å². The molecule has 4 unspecified atom stereocenters. The number of hydrogen-bond donors (Lipinski definition) is 6. The van der Waals surface area contributed by atoms with Gasteiger partial charge >= 0.3 is 5.69 Å². The third-order valence-electron chi connectivity index (χ3n) is 3.03. The zero-order chi connectivity index (χ0) is 17.4. The Morgan fingerprint density at radius 2 is 1.96 bits per heavy atom. The van der Waals surface area contributed by atoms with Crippen molar-refractivity contribution in [3.8, 4) is 0 Å². The number of rotatable bonds is 5. The largest absolute Gasteiger partial charge is 0.790 e. The van der Waals surface area contributed by atoms with Gasteiger partial charge in [0.2, 0.25) is 0 Å². The van der Waals surface area contributed by atoms with Gasteiger partial charge in [0.05, 0.1) is 14.4 Å². The van der Waals surface area contributed by atoms with Gasteiger partial charge in [-0.3, -0.25) is 14.8 Å². The smallest absolute Gasteiger partial charge is 0.327 e. The van der Waals surface area contributed by atoms with E-state index in [0.29, 0.717) is 0 Å².